The summed E-state index contributed by atoms with van der Waals surface area (Å²) in [5, 5.41) is 0. The molecule has 0 amide bonds. The van der Waals surface area contributed by atoms with Crippen LogP contribution in [0.5, 0.6) is 17.2 Å². The summed E-state index contributed by atoms with van der Waals surface area (Å²) in [6.07, 6.45) is 0. The summed E-state index contributed by atoms with van der Waals surface area (Å²) < 4.78 is 15.9. The molecule has 0 aliphatic rings. The van der Waals surface area contributed by atoms with Gasteiger partial charge in [-0.1, -0.05) is 18.2 Å². The van der Waals surface area contributed by atoms with Crippen LogP contribution >= 0.6 is 0 Å². The summed E-state index contributed by atoms with van der Waals surface area (Å²) in [5.41, 5.74) is 2.43. The van der Waals surface area contributed by atoms with Crippen LogP contribution in [-0.4, -0.2) is 33.7 Å². The van der Waals surface area contributed by atoms with Gasteiger partial charge >= 0.3 is 0 Å². The Morgan fingerprint density at radius 3 is 1.90 bits per heavy atom. The second-order valence-electron chi connectivity index (χ2n) is 6.76. The van der Waals surface area contributed by atoms with Crippen molar-refractivity contribution in [1.29, 1.82) is 0 Å². The molecule has 3 aromatic rings. The van der Waals surface area contributed by atoms with Gasteiger partial charge in [-0.2, -0.15) is 0 Å². The summed E-state index contributed by atoms with van der Waals surface area (Å²) in [6.45, 7) is 2.68. The molecule has 156 valence electrons. The molecule has 3 rings (SSSR count). The Kier molecular flexibility index (Phi) is 6.96. The van der Waals surface area contributed by atoms with Crippen LogP contribution in [0.1, 0.15) is 28.9 Å². The van der Waals surface area contributed by atoms with Gasteiger partial charge in [-0.3, -0.25) is 4.79 Å². The molecule has 3 aromatic carbocycles. The van der Waals surface area contributed by atoms with E-state index >= 15 is 0 Å². The van der Waals surface area contributed by atoms with Gasteiger partial charge in [-0.15, -0.1) is 0 Å². The fraction of sp³-hybridized carbons (Fsp3) is 0.240. The first kappa shape index (κ1) is 21.2. The van der Waals surface area contributed by atoms with E-state index in [1.54, 1.807) is 45.6 Å². The molecule has 5 nitrogen and oxygen atoms in total. The van der Waals surface area contributed by atoms with E-state index in [0.29, 0.717) is 17.9 Å². The number of rotatable bonds is 9. The smallest absolute Gasteiger partial charge is 0.189 e. The average molecular weight is 405 g/mol. The van der Waals surface area contributed by atoms with E-state index in [1.165, 1.54) is 0 Å². The van der Waals surface area contributed by atoms with Gasteiger partial charge in [0.1, 0.15) is 23.3 Å². The quantitative estimate of drug-likeness (QED) is 0.460. The third kappa shape index (κ3) is 4.57. The van der Waals surface area contributed by atoms with Crippen molar-refractivity contribution in [3.63, 3.8) is 0 Å². The number of benzene rings is 3. The van der Waals surface area contributed by atoms with Crippen molar-refractivity contribution in [3.05, 3.63) is 83.9 Å². The van der Waals surface area contributed by atoms with E-state index in [4.69, 9.17) is 14.2 Å². The topological polar surface area (TPSA) is 48.0 Å². The summed E-state index contributed by atoms with van der Waals surface area (Å²) in [7, 11) is 4.88. The number of methoxy groups -OCH3 is 3. The molecule has 0 aliphatic carbocycles. The molecular formula is C25H27NO4. The zero-order chi connectivity index (χ0) is 21.5. The van der Waals surface area contributed by atoms with Crippen molar-refractivity contribution in [3.8, 4) is 17.2 Å². The van der Waals surface area contributed by atoms with E-state index < -0.39 is 6.04 Å². The molecule has 1 atom stereocenters. The Morgan fingerprint density at radius 1 is 0.800 bits per heavy atom. The SMILES string of the molecule is CCN(c1cccc(OC)c1)C(C(=O)c1ccc(OC)cc1)c1ccc(OC)cc1. The predicted molar refractivity (Wildman–Crippen MR) is 119 cm³/mol. The van der Waals surface area contributed by atoms with Crippen LogP contribution in [0.4, 0.5) is 5.69 Å². The van der Waals surface area contributed by atoms with Gasteiger partial charge in [0.05, 0.1) is 21.3 Å². The number of carbonyl (C=O) groups is 1. The molecule has 0 N–H and O–H groups in total. The summed E-state index contributed by atoms with van der Waals surface area (Å²) in [5.74, 6) is 2.22. The normalized spacial score (nSPS) is 11.5. The largest absolute Gasteiger partial charge is 0.497 e. The molecule has 1 unspecified atom stereocenters. The molecule has 0 aromatic heterocycles. The lowest BCUT2D eigenvalue weighted by molar-refractivity contribution is 0.0957. The second-order valence-corrected chi connectivity index (χ2v) is 6.76. The lowest BCUT2D eigenvalue weighted by Gasteiger charge is -2.32. The van der Waals surface area contributed by atoms with Crippen molar-refractivity contribution in [2.45, 2.75) is 13.0 Å². The summed E-state index contributed by atoms with van der Waals surface area (Å²) >= 11 is 0. The zero-order valence-electron chi connectivity index (χ0n) is 17.8. The van der Waals surface area contributed by atoms with E-state index in [9.17, 15) is 4.79 Å². The number of hydrogen-bond donors (Lipinski definition) is 0. The van der Waals surface area contributed by atoms with Crippen LogP contribution in [0.3, 0.4) is 0 Å². The van der Waals surface area contributed by atoms with Gasteiger partial charge in [-0.05, 0) is 61.0 Å². The van der Waals surface area contributed by atoms with Crippen molar-refractivity contribution in [1.82, 2.24) is 0 Å². The molecule has 0 radical (unpaired) electrons. The van der Waals surface area contributed by atoms with Crippen LogP contribution in [0, 0.1) is 0 Å². The average Bonchev–Trinajstić information content (AvgIpc) is 2.82. The highest BCUT2D eigenvalue weighted by molar-refractivity contribution is 6.02. The van der Waals surface area contributed by atoms with E-state index in [1.807, 2.05) is 55.5 Å². The molecule has 0 spiro atoms. The van der Waals surface area contributed by atoms with Crippen molar-refractivity contribution in [2.75, 3.05) is 32.8 Å². The minimum Gasteiger partial charge on any atom is -0.497 e. The molecule has 0 saturated heterocycles. The minimum atomic E-state index is -0.499. The zero-order valence-corrected chi connectivity index (χ0v) is 17.8. The standard InChI is InChI=1S/C25H27NO4/c1-5-26(20-7-6-8-23(17-20)30-4)24(18-9-13-21(28-2)14-10-18)25(27)19-11-15-22(29-3)16-12-19/h6-17,24H,5H2,1-4H3. The van der Waals surface area contributed by atoms with E-state index in [0.717, 1.165) is 22.7 Å². The van der Waals surface area contributed by atoms with Crippen LogP contribution in [0.25, 0.3) is 0 Å². The number of likely N-dealkylation sites (N-methyl/N-ethyl adjacent to an activating group) is 1. The Labute approximate surface area is 177 Å². The molecule has 30 heavy (non-hydrogen) atoms. The summed E-state index contributed by atoms with van der Waals surface area (Å²) in [4.78, 5) is 15.8. The van der Waals surface area contributed by atoms with Gasteiger partial charge in [-0.25, -0.2) is 0 Å². The van der Waals surface area contributed by atoms with Crippen molar-refractivity contribution in [2.24, 2.45) is 0 Å². The minimum absolute atomic E-state index is 0.00693. The first-order chi connectivity index (χ1) is 14.6. The fourth-order valence-electron chi connectivity index (χ4n) is 3.48. The molecule has 0 heterocycles. The van der Waals surface area contributed by atoms with Gasteiger partial charge in [0, 0.05) is 23.9 Å². The molecule has 0 aliphatic heterocycles. The van der Waals surface area contributed by atoms with Crippen LogP contribution < -0.4 is 19.1 Å². The lowest BCUT2D eigenvalue weighted by atomic mass is 9.95. The molecule has 0 saturated carbocycles. The van der Waals surface area contributed by atoms with E-state index in [2.05, 4.69) is 4.90 Å². The molecule has 0 bridgehead atoms. The molecular weight excluding hydrogens is 378 g/mol. The number of ketones is 1. The summed E-state index contributed by atoms with van der Waals surface area (Å²) in [6, 6.07) is 22.1. The second kappa shape index (κ2) is 9.83. The maximum Gasteiger partial charge on any atom is 0.189 e. The van der Waals surface area contributed by atoms with Gasteiger partial charge in [0.2, 0.25) is 0 Å². The maximum absolute atomic E-state index is 13.7. The van der Waals surface area contributed by atoms with Crippen LogP contribution in [-0.2, 0) is 0 Å². The molecule has 5 heteroatoms. The Balaban J connectivity index is 2.07. The highest BCUT2D eigenvalue weighted by atomic mass is 16.5. The van der Waals surface area contributed by atoms with Gasteiger partial charge in [0.15, 0.2) is 5.78 Å². The molecule has 0 fully saturated rings. The number of hydrogen-bond acceptors (Lipinski definition) is 5. The van der Waals surface area contributed by atoms with Crippen molar-refractivity contribution < 1.29 is 19.0 Å². The number of Topliss-reactive ketones (excluding diaryl/α,β-unsaturated/α-hetero) is 1. The first-order valence-corrected chi connectivity index (χ1v) is 9.84. The first-order valence-electron chi connectivity index (χ1n) is 9.84. The monoisotopic (exact) mass is 405 g/mol. The highest BCUT2D eigenvalue weighted by Crippen LogP contribution is 2.33. The Bertz CT molecular complexity index is 967. The number of nitrogens with zero attached hydrogens (tertiary/aromatic N) is 1. The van der Waals surface area contributed by atoms with Crippen LogP contribution in [0.15, 0.2) is 72.8 Å². The fourth-order valence-corrected chi connectivity index (χ4v) is 3.48. The third-order valence-corrected chi connectivity index (χ3v) is 5.09. The Hall–Kier alpha value is -3.47. The number of ether oxygens (including phenoxy) is 3. The predicted octanol–water partition coefficient (Wildman–Crippen LogP) is 5.16. The number of anilines is 1. The van der Waals surface area contributed by atoms with Gasteiger partial charge < -0.3 is 19.1 Å². The number of carbonyl (C=O) groups excluding carboxylic acids is 1. The van der Waals surface area contributed by atoms with E-state index in [-0.39, 0.29) is 5.78 Å². The maximum atomic E-state index is 13.7. The van der Waals surface area contributed by atoms with Crippen molar-refractivity contribution >= 4 is 11.5 Å². The lowest BCUT2D eigenvalue weighted by Crippen LogP contribution is -2.34. The highest BCUT2D eigenvalue weighted by Gasteiger charge is 2.28. The van der Waals surface area contributed by atoms with Gasteiger partial charge in [0.25, 0.3) is 0 Å². The van der Waals surface area contributed by atoms with Crippen LogP contribution in [0.2, 0.25) is 0 Å². The Morgan fingerprint density at radius 2 is 1.37 bits per heavy atom. The third-order valence-electron chi connectivity index (χ3n) is 5.09.